The minimum Gasteiger partial charge on any atom is -0.389 e. The van der Waals surface area contributed by atoms with E-state index in [1.54, 1.807) is 0 Å². The second-order valence-electron chi connectivity index (χ2n) is 5.93. The van der Waals surface area contributed by atoms with Crippen LogP contribution in [0.25, 0.3) is 0 Å². The molecule has 0 amide bonds. The second-order valence-corrected chi connectivity index (χ2v) is 6.84. The minimum atomic E-state index is -0.596. The van der Waals surface area contributed by atoms with Crippen LogP contribution in [0.5, 0.6) is 0 Å². The molecule has 1 aliphatic rings. The Labute approximate surface area is 123 Å². The molecule has 2 rings (SSSR count). The molecule has 0 radical (unpaired) electrons. The van der Waals surface area contributed by atoms with Crippen molar-refractivity contribution in [3.63, 3.8) is 0 Å². The number of likely N-dealkylation sites (tertiary alicyclic amines) is 1. The van der Waals surface area contributed by atoms with Gasteiger partial charge in [0.1, 0.15) is 0 Å². The van der Waals surface area contributed by atoms with Crippen molar-refractivity contribution in [1.29, 1.82) is 0 Å². The summed E-state index contributed by atoms with van der Waals surface area (Å²) in [7, 11) is 0. The minimum absolute atomic E-state index is 0.0371. The largest absolute Gasteiger partial charge is 0.389 e. The van der Waals surface area contributed by atoms with Crippen LogP contribution < -0.4 is 5.73 Å². The van der Waals surface area contributed by atoms with Crippen molar-refractivity contribution >= 4 is 15.9 Å². The van der Waals surface area contributed by atoms with Gasteiger partial charge >= 0.3 is 0 Å². The zero-order chi connectivity index (χ0) is 14.0. The highest BCUT2D eigenvalue weighted by molar-refractivity contribution is 9.10. The number of β-amino-alcohol motifs (C(OH)–C–C–N with tert-alkyl or cyclic N) is 1. The molecule has 19 heavy (non-hydrogen) atoms. The van der Waals surface area contributed by atoms with E-state index < -0.39 is 5.60 Å². The van der Waals surface area contributed by atoms with E-state index in [0.717, 1.165) is 23.9 Å². The normalized spacial score (nSPS) is 28.1. The number of nitrogens with two attached hydrogens (primary N) is 1. The monoisotopic (exact) mass is 326 g/mol. The van der Waals surface area contributed by atoms with Crippen molar-refractivity contribution in [1.82, 2.24) is 4.90 Å². The summed E-state index contributed by atoms with van der Waals surface area (Å²) in [6.07, 6.45) is 1.89. The number of hydrogen-bond acceptors (Lipinski definition) is 3. The molecule has 0 bridgehead atoms. The summed E-state index contributed by atoms with van der Waals surface area (Å²) in [6, 6.07) is 8.53. The number of aliphatic hydroxyl groups is 1. The van der Waals surface area contributed by atoms with Gasteiger partial charge in [-0.2, -0.15) is 0 Å². The van der Waals surface area contributed by atoms with Crippen LogP contribution in [0.15, 0.2) is 28.7 Å². The van der Waals surface area contributed by atoms with E-state index >= 15 is 0 Å². The van der Waals surface area contributed by atoms with Crippen LogP contribution in [0.4, 0.5) is 0 Å². The molecule has 4 heteroatoms. The first-order chi connectivity index (χ1) is 8.89. The third kappa shape index (κ3) is 3.78. The van der Waals surface area contributed by atoms with Crippen molar-refractivity contribution < 1.29 is 5.11 Å². The van der Waals surface area contributed by atoms with E-state index in [1.807, 2.05) is 26.0 Å². The molecule has 1 heterocycles. The predicted molar refractivity (Wildman–Crippen MR) is 82.0 cm³/mol. The van der Waals surface area contributed by atoms with Gasteiger partial charge in [-0.1, -0.05) is 28.1 Å². The summed E-state index contributed by atoms with van der Waals surface area (Å²) in [6.45, 7) is 5.64. The lowest BCUT2D eigenvalue weighted by molar-refractivity contribution is -0.0333. The second kappa shape index (κ2) is 5.92. The first-order valence-electron chi connectivity index (χ1n) is 6.86. The van der Waals surface area contributed by atoms with Gasteiger partial charge in [0.05, 0.1) is 5.60 Å². The van der Waals surface area contributed by atoms with Crippen LogP contribution in [-0.2, 0) is 0 Å². The molecular formula is C15H23BrN2O. The molecule has 1 aromatic carbocycles. The van der Waals surface area contributed by atoms with Crippen molar-refractivity contribution in [2.75, 3.05) is 13.1 Å². The Hall–Kier alpha value is -0.420. The molecule has 0 aromatic heterocycles. The number of benzene rings is 1. The van der Waals surface area contributed by atoms with Gasteiger partial charge in [-0.25, -0.2) is 0 Å². The Bertz CT molecular complexity index is 417. The fourth-order valence-corrected chi connectivity index (χ4v) is 3.27. The average Bonchev–Trinajstić information content (AvgIpc) is 2.30. The topological polar surface area (TPSA) is 49.5 Å². The Morgan fingerprint density at radius 1 is 1.37 bits per heavy atom. The highest BCUT2D eigenvalue weighted by atomic mass is 79.9. The maximum atomic E-state index is 10.3. The summed E-state index contributed by atoms with van der Waals surface area (Å²) in [5, 5.41) is 10.3. The van der Waals surface area contributed by atoms with Gasteiger partial charge in [0.15, 0.2) is 0 Å². The predicted octanol–water partition coefficient (Wildman–Crippen LogP) is 2.68. The van der Waals surface area contributed by atoms with E-state index in [-0.39, 0.29) is 12.1 Å². The van der Waals surface area contributed by atoms with Crippen LogP contribution in [0, 0.1) is 0 Å². The van der Waals surface area contributed by atoms with Gasteiger partial charge < -0.3 is 10.8 Å². The summed E-state index contributed by atoms with van der Waals surface area (Å²) < 4.78 is 1.07. The van der Waals surface area contributed by atoms with Crippen LogP contribution in [-0.4, -0.2) is 34.7 Å². The van der Waals surface area contributed by atoms with Gasteiger partial charge in [-0.3, -0.25) is 4.90 Å². The summed E-state index contributed by atoms with van der Waals surface area (Å²) in [4.78, 5) is 2.32. The number of halogens is 1. The van der Waals surface area contributed by atoms with E-state index in [0.29, 0.717) is 6.54 Å². The molecule has 3 unspecified atom stereocenters. The molecule has 106 valence electrons. The smallest absolute Gasteiger partial charge is 0.0746 e. The van der Waals surface area contributed by atoms with Gasteiger partial charge in [-0.05, 0) is 50.9 Å². The summed E-state index contributed by atoms with van der Waals surface area (Å²) in [5.41, 5.74) is 6.81. The SMILES string of the molecule is CC(N)C(c1ccc(Br)cc1)N1CCCC(C)(O)C1. The molecule has 1 aromatic rings. The highest BCUT2D eigenvalue weighted by Gasteiger charge is 2.34. The Morgan fingerprint density at radius 3 is 2.53 bits per heavy atom. The van der Waals surface area contributed by atoms with Crippen molar-refractivity contribution in [2.24, 2.45) is 5.73 Å². The Morgan fingerprint density at radius 2 is 2.00 bits per heavy atom. The van der Waals surface area contributed by atoms with E-state index in [2.05, 4.69) is 33.0 Å². The molecule has 1 saturated heterocycles. The summed E-state index contributed by atoms with van der Waals surface area (Å²) >= 11 is 3.46. The number of nitrogens with zero attached hydrogens (tertiary/aromatic N) is 1. The van der Waals surface area contributed by atoms with Gasteiger partial charge in [-0.15, -0.1) is 0 Å². The Balaban J connectivity index is 2.22. The number of rotatable bonds is 3. The molecule has 1 fully saturated rings. The molecule has 3 N–H and O–H groups in total. The van der Waals surface area contributed by atoms with Gasteiger partial charge in [0, 0.05) is 23.1 Å². The molecule has 0 spiro atoms. The van der Waals surface area contributed by atoms with E-state index in [1.165, 1.54) is 5.56 Å². The fourth-order valence-electron chi connectivity index (χ4n) is 3.00. The van der Waals surface area contributed by atoms with Gasteiger partial charge in [0.25, 0.3) is 0 Å². The lowest BCUT2D eigenvalue weighted by Gasteiger charge is -2.42. The third-order valence-electron chi connectivity index (χ3n) is 3.81. The lowest BCUT2D eigenvalue weighted by atomic mass is 9.90. The quantitative estimate of drug-likeness (QED) is 0.897. The maximum absolute atomic E-state index is 10.3. The summed E-state index contributed by atoms with van der Waals surface area (Å²) in [5.74, 6) is 0. The molecule has 0 saturated carbocycles. The van der Waals surface area contributed by atoms with E-state index in [9.17, 15) is 5.11 Å². The van der Waals surface area contributed by atoms with Crippen molar-refractivity contribution in [2.45, 2.75) is 44.4 Å². The molecule has 0 aliphatic carbocycles. The zero-order valence-corrected chi connectivity index (χ0v) is 13.2. The lowest BCUT2D eigenvalue weighted by Crippen LogP contribution is -2.50. The number of piperidine rings is 1. The third-order valence-corrected chi connectivity index (χ3v) is 4.34. The maximum Gasteiger partial charge on any atom is 0.0746 e. The molecule has 3 nitrogen and oxygen atoms in total. The van der Waals surface area contributed by atoms with E-state index in [4.69, 9.17) is 5.73 Å². The van der Waals surface area contributed by atoms with Crippen LogP contribution in [0.1, 0.15) is 38.3 Å². The molecule has 1 aliphatic heterocycles. The highest BCUT2D eigenvalue weighted by Crippen LogP contribution is 2.31. The van der Waals surface area contributed by atoms with Crippen LogP contribution in [0.3, 0.4) is 0 Å². The van der Waals surface area contributed by atoms with Crippen molar-refractivity contribution in [3.8, 4) is 0 Å². The van der Waals surface area contributed by atoms with Gasteiger partial charge in [0.2, 0.25) is 0 Å². The fraction of sp³-hybridized carbons (Fsp3) is 0.600. The van der Waals surface area contributed by atoms with Crippen LogP contribution in [0.2, 0.25) is 0 Å². The molecule has 3 atom stereocenters. The first-order valence-corrected chi connectivity index (χ1v) is 7.66. The number of hydrogen-bond donors (Lipinski definition) is 2. The van der Waals surface area contributed by atoms with Crippen molar-refractivity contribution in [3.05, 3.63) is 34.3 Å². The van der Waals surface area contributed by atoms with Crippen LogP contribution >= 0.6 is 15.9 Å². The zero-order valence-electron chi connectivity index (χ0n) is 11.6. The Kier molecular flexibility index (Phi) is 4.66. The molecular weight excluding hydrogens is 304 g/mol. The average molecular weight is 327 g/mol. The standard InChI is InChI=1S/C15H23BrN2O/c1-11(17)14(12-4-6-13(16)7-5-12)18-9-3-8-15(2,19)10-18/h4-7,11,14,19H,3,8-10,17H2,1-2H3. The first kappa shape index (κ1) is 15.0.